The molecule has 6 atom stereocenters. The van der Waals surface area contributed by atoms with Crippen LogP contribution < -0.4 is 24.3 Å². The molecule has 2 N–H and O–H groups in total. The molecule has 37 heavy (non-hydrogen) atoms. The van der Waals surface area contributed by atoms with E-state index >= 15 is 0 Å². The van der Waals surface area contributed by atoms with Crippen molar-refractivity contribution in [3.63, 3.8) is 0 Å². The Morgan fingerprint density at radius 2 is 1.84 bits per heavy atom. The Morgan fingerprint density at radius 3 is 2.59 bits per heavy atom. The molecule has 2 saturated heterocycles. The van der Waals surface area contributed by atoms with Gasteiger partial charge < -0.3 is 43.6 Å². The van der Waals surface area contributed by atoms with Gasteiger partial charge in [-0.2, -0.15) is 0 Å². The first kappa shape index (κ1) is 23.1. The lowest BCUT2D eigenvalue weighted by molar-refractivity contribution is -0.322. The van der Waals surface area contributed by atoms with Gasteiger partial charge in [-0.05, 0) is 60.8 Å². The van der Waals surface area contributed by atoms with E-state index in [-0.39, 0.29) is 18.5 Å². The Kier molecular flexibility index (Phi) is 4.83. The zero-order valence-corrected chi connectivity index (χ0v) is 20.9. The van der Waals surface area contributed by atoms with Gasteiger partial charge in [0.25, 0.3) is 0 Å². The predicted octanol–water partition coefficient (Wildman–Crippen LogP) is 2.21. The van der Waals surface area contributed by atoms with Gasteiger partial charge in [-0.15, -0.1) is 0 Å². The van der Waals surface area contributed by atoms with Gasteiger partial charge in [-0.25, -0.2) is 4.79 Å². The molecule has 2 aliphatic carbocycles. The maximum Gasteiger partial charge on any atom is 0.338 e. The topological polar surface area (TPSA) is 114 Å². The fourth-order valence-electron chi connectivity index (χ4n) is 7.57. The predicted molar refractivity (Wildman–Crippen MR) is 127 cm³/mol. The zero-order valence-electron chi connectivity index (χ0n) is 20.9. The number of aliphatic hydroxyl groups excluding tert-OH is 1. The minimum Gasteiger partial charge on any atom is -0.493 e. The first-order chi connectivity index (χ1) is 17.9. The van der Waals surface area contributed by atoms with Gasteiger partial charge in [0.2, 0.25) is 12.6 Å². The highest BCUT2D eigenvalue weighted by molar-refractivity contribution is 5.90. The van der Waals surface area contributed by atoms with Crippen LogP contribution >= 0.6 is 0 Å². The van der Waals surface area contributed by atoms with Gasteiger partial charge in [0.05, 0.1) is 31.4 Å². The van der Waals surface area contributed by atoms with Crippen LogP contribution in [0.4, 0.5) is 0 Å². The van der Waals surface area contributed by atoms with Crippen molar-refractivity contribution in [3.8, 4) is 23.0 Å². The Morgan fingerprint density at radius 1 is 1.05 bits per heavy atom. The summed E-state index contributed by atoms with van der Waals surface area (Å²) >= 11 is 0. The number of carbonyl (C=O) groups excluding carboxylic acids is 1. The first-order valence-electron chi connectivity index (χ1n) is 12.4. The van der Waals surface area contributed by atoms with Crippen LogP contribution in [0, 0.1) is 0 Å². The second kappa shape index (κ2) is 7.73. The van der Waals surface area contributed by atoms with Crippen LogP contribution in [0.25, 0.3) is 0 Å². The molecule has 10 nitrogen and oxygen atoms in total. The molecule has 7 rings (SSSR count). The first-order valence-corrected chi connectivity index (χ1v) is 12.4. The van der Waals surface area contributed by atoms with Gasteiger partial charge in [0.1, 0.15) is 12.2 Å². The normalized spacial score (nSPS) is 36.1. The van der Waals surface area contributed by atoms with Crippen molar-refractivity contribution in [2.24, 2.45) is 0 Å². The van der Waals surface area contributed by atoms with Crippen LogP contribution in [0.3, 0.4) is 0 Å². The third-order valence-corrected chi connectivity index (χ3v) is 9.08. The maximum absolute atomic E-state index is 13.3. The number of nitrogens with one attached hydrogen (secondary N) is 1. The molecule has 196 valence electrons. The van der Waals surface area contributed by atoms with Crippen LogP contribution in [-0.2, 0) is 19.6 Å². The van der Waals surface area contributed by atoms with Crippen molar-refractivity contribution in [2.45, 2.75) is 54.3 Å². The summed E-state index contributed by atoms with van der Waals surface area (Å²) in [6.07, 6.45) is -0.645. The molecular formula is C27H29NO9. The number of carbonyl (C=O) groups is 1. The summed E-state index contributed by atoms with van der Waals surface area (Å²) in [5.74, 6) is 0.286. The fourth-order valence-corrected chi connectivity index (χ4v) is 7.57. The van der Waals surface area contributed by atoms with E-state index in [1.54, 1.807) is 25.3 Å². The highest BCUT2D eigenvalue weighted by Gasteiger charge is 2.81. The maximum atomic E-state index is 13.3. The van der Waals surface area contributed by atoms with E-state index in [4.69, 9.17) is 33.2 Å². The number of hydrogen-bond acceptors (Lipinski definition) is 10. The highest BCUT2D eigenvalue weighted by Crippen LogP contribution is 2.70. The van der Waals surface area contributed by atoms with Crippen molar-refractivity contribution in [3.05, 3.63) is 47.0 Å². The molecule has 3 unspecified atom stereocenters. The van der Waals surface area contributed by atoms with E-state index in [0.717, 1.165) is 17.5 Å². The molecule has 3 fully saturated rings. The second-order valence-corrected chi connectivity index (χ2v) is 10.3. The number of aliphatic hydroxyl groups is 1. The average Bonchev–Trinajstić information content (AvgIpc) is 3.62. The molecule has 3 heterocycles. The van der Waals surface area contributed by atoms with Crippen LogP contribution in [0.15, 0.2) is 30.3 Å². The molecule has 1 spiro atoms. The average molecular weight is 512 g/mol. The van der Waals surface area contributed by atoms with Crippen molar-refractivity contribution < 1.29 is 43.1 Å². The van der Waals surface area contributed by atoms with E-state index < -0.39 is 34.9 Å². The van der Waals surface area contributed by atoms with Crippen molar-refractivity contribution >= 4 is 5.97 Å². The van der Waals surface area contributed by atoms with Gasteiger partial charge in [-0.1, -0.05) is 0 Å². The van der Waals surface area contributed by atoms with Gasteiger partial charge in [-0.3, -0.25) is 0 Å². The third-order valence-electron chi connectivity index (χ3n) is 9.08. The second-order valence-electron chi connectivity index (χ2n) is 10.3. The summed E-state index contributed by atoms with van der Waals surface area (Å²) in [6, 6.07) is 8.84. The molecule has 10 heteroatoms. The van der Waals surface area contributed by atoms with Crippen LogP contribution in [0.5, 0.6) is 23.0 Å². The molecule has 0 radical (unpaired) electrons. The van der Waals surface area contributed by atoms with Crippen molar-refractivity contribution in [2.75, 3.05) is 34.7 Å². The zero-order chi connectivity index (χ0) is 25.6. The SMILES string of the molecule is COc1ccc(C(=O)O[C@H]2CC34CCNC35C[C@@H](OC5(OC)[C@H]2O)c2cc3c(cc24)OCO3)cc1OC. The van der Waals surface area contributed by atoms with E-state index in [1.165, 1.54) is 14.2 Å². The summed E-state index contributed by atoms with van der Waals surface area (Å²) in [4.78, 5) is 13.3. The Balaban J connectivity index is 1.31. The third kappa shape index (κ3) is 2.71. The summed E-state index contributed by atoms with van der Waals surface area (Å²) in [7, 11) is 4.57. The summed E-state index contributed by atoms with van der Waals surface area (Å²) in [6.45, 7) is 0.880. The van der Waals surface area contributed by atoms with Crippen molar-refractivity contribution in [1.82, 2.24) is 5.32 Å². The van der Waals surface area contributed by atoms with Crippen molar-refractivity contribution in [1.29, 1.82) is 0 Å². The van der Waals surface area contributed by atoms with E-state index in [9.17, 15) is 9.90 Å². The summed E-state index contributed by atoms with van der Waals surface area (Å²) < 4.78 is 40.7. The lowest BCUT2D eigenvalue weighted by Crippen LogP contribution is -2.77. The van der Waals surface area contributed by atoms with Crippen LogP contribution in [-0.4, -0.2) is 69.3 Å². The Hall–Kier alpha value is -3.05. The number of esters is 1. The molecule has 2 bridgehead atoms. The number of hydrogen-bond donors (Lipinski definition) is 2. The van der Waals surface area contributed by atoms with Gasteiger partial charge in [0, 0.05) is 18.9 Å². The van der Waals surface area contributed by atoms with Crippen LogP contribution in [0.1, 0.15) is 46.9 Å². The largest absolute Gasteiger partial charge is 0.493 e. The van der Waals surface area contributed by atoms with Crippen LogP contribution in [0.2, 0.25) is 0 Å². The molecule has 1 saturated carbocycles. The lowest BCUT2D eigenvalue weighted by atomic mass is 9.51. The molecule has 0 aromatic heterocycles. The number of ether oxygens (including phenoxy) is 7. The number of methoxy groups -OCH3 is 3. The number of rotatable bonds is 5. The minimum atomic E-state index is -1.42. The molecule has 5 aliphatic rings. The molecule has 2 aromatic carbocycles. The minimum absolute atomic E-state index is 0.173. The molecular weight excluding hydrogens is 482 g/mol. The molecule has 2 aromatic rings. The molecule has 3 aliphatic heterocycles. The summed E-state index contributed by atoms with van der Waals surface area (Å²) in [5, 5.41) is 15.4. The number of benzene rings is 2. The van der Waals surface area contributed by atoms with E-state index in [2.05, 4.69) is 5.32 Å². The van der Waals surface area contributed by atoms with E-state index in [0.29, 0.717) is 42.4 Å². The van der Waals surface area contributed by atoms with Gasteiger partial charge >= 0.3 is 5.97 Å². The molecule has 0 amide bonds. The fraction of sp³-hybridized carbons (Fsp3) is 0.519. The van der Waals surface area contributed by atoms with Gasteiger partial charge in [0.15, 0.2) is 23.0 Å². The lowest BCUT2D eigenvalue weighted by Gasteiger charge is -2.59. The summed E-state index contributed by atoms with van der Waals surface area (Å²) in [5.41, 5.74) is 1.15. The smallest absolute Gasteiger partial charge is 0.338 e. The Bertz CT molecular complexity index is 1300. The highest BCUT2D eigenvalue weighted by atomic mass is 16.7. The quantitative estimate of drug-likeness (QED) is 0.579. The Labute approximate surface area is 213 Å². The monoisotopic (exact) mass is 511 g/mol. The van der Waals surface area contributed by atoms with E-state index in [1.807, 2.05) is 12.1 Å². The number of fused-ring (bicyclic) bond motifs is 4. The standard InChI is InChI=1S/C27H29NO9/c1-31-17-5-4-14(8-18(17)32-2)24(30)36-22-11-25-6-7-28-26(25)12-21(37-27(26,33-3)23(22)29)15-9-19-20(10-16(15)25)35-13-34-19/h4-5,8-10,21-23,28-29H,6-7,11-13H2,1-3H3/t21-,22+,23+,25?,26?,27?/m1/s1.